The molecule has 0 amide bonds. The Hall–Kier alpha value is -3.16. The van der Waals surface area contributed by atoms with Gasteiger partial charge in [-0.25, -0.2) is 4.98 Å². The number of aromatic nitrogens is 2. The number of benzene rings is 1. The van der Waals surface area contributed by atoms with Crippen molar-refractivity contribution in [2.75, 3.05) is 0 Å². The van der Waals surface area contributed by atoms with Crippen molar-refractivity contribution in [1.29, 1.82) is 0 Å². The summed E-state index contributed by atoms with van der Waals surface area (Å²) in [6.45, 7) is 19.0. The van der Waals surface area contributed by atoms with Crippen LogP contribution in [0.5, 0.6) is 0 Å². The average Bonchev–Trinajstić information content (AvgIpc) is 3.77. The Morgan fingerprint density at radius 2 is 1.66 bits per heavy atom. The number of hydrogen-bond acceptors (Lipinski definition) is 7. The van der Waals surface area contributed by atoms with Crippen LogP contribution in [0.4, 0.5) is 0 Å². The molecule has 0 unspecified atom stereocenters. The number of thiophene rings is 2. The smallest absolute Gasteiger partial charge is 0.218 e. The minimum atomic E-state index is 0. The van der Waals surface area contributed by atoms with Crippen LogP contribution in [-0.2, 0) is 31.3 Å². The van der Waals surface area contributed by atoms with E-state index in [1.807, 2.05) is 58.2 Å². The molecule has 267 valence electrons. The number of carbonyl (C=O) groups is 1. The summed E-state index contributed by atoms with van der Waals surface area (Å²) in [7, 11) is 0. The first kappa shape index (κ1) is 39.6. The minimum Gasteiger partial charge on any atom is -0.512 e. The molecule has 0 aliphatic rings. The fourth-order valence-corrected chi connectivity index (χ4v) is 8.62. The first-order valence-electron chi connectivity index (χ1n) is 17.5. The quantitative estimate of drug-likeness (QED) is 0.0842. The van der Waals surface area contributed by atoms with Crippen LogP contribution in [0, 0.1) is 37.2 Å². The third-order valence-electron chi connectivity index (χ3n) is 9.01. The van der Waals surface area contributed by atoms with E-state index in [4.69, 9.17) is 9.40 Å². The van der Waals surface area contributed by atoms with E-state index in [2.05, 4.69) is 75.1 Å². The fourth-order valence-electron chi connectivity index (χ4n) is 6.29. The van der Waals surface area contributed by atoms with Gasteiger partial charge >= 0.3 is 0 Å². The number of allylic oxidation sites excluding steroid dienone is 2. The van der Waals surface area contributed by atoms with Crippen molar-refractivity contribution >= 4 is 60.6 Å². The standard InChI is InChI=1S/C29H25N2OS2.C13H24O2.Ir/c1-16-6-8-21-25-26(32-28(21)31-16)22(13-19-12-17(2)33-27(19)25)23-14-18(10-11-30-23)24-9-7-20(34-24)15-29(3,4)5;1-5-10(6-2)12(14)9-13(15)11(7-3)8-4;/h6-12,14H,15H2,1-5H3;9-11,14H,5-8H2,1-4H3;/q-1;;/b;12-9-;. The molecule has 5 nitrogen and oxygen atoms in total. The number of aryl methyl sites for hydroxylation is 2. The van der Waals surface area contributed by atoms with Crippen LogP contribution < -0.4 is 0 Å². The predicted octanol–water partition coefficient (Wildman–Crippen LogP) is 12.9. The Bertz CT molecular complexity index is 2110. The number of ketones is 1. The van der Waals surface area contributed by atoms with Crippen molar-refractivity contribution in [3.8, 4) is 21.7 Å². The molecule has 0 atom stereocenters. The molecule has 0 saturated carbocycles. The van der Waals surface area contributed by atoms with Crippen molar-refractivity contribution < 1.29 is 34.4 Å². The first-order chi connectivity index (χ1) is 23.3. The third-order valence-corrected chi connectivity index (χ3v) is 11.2. The number of pyridine rings is 2. The number of nitrogens with zero attached hydrogens (tertiary/aromatic N) is 2. The Kier molecular flexibility index (Phi) is 13.4. The molecule has 1 aromatic carbocycles. The van der Waals surface area contributed by atoms with Gasteiger partial charge in [0, 0.05) is 70.7 Å². The van der Waals surface area contributed by atoms with Gasteiger partial charge in [-0.2, -0.15) is 11.3 Å². The molecule has 0 saturated heterocycles. The van der Waals surface area contributed by atoms with Crippen LogP contribution in [0.25, 0.3) is 53.9 Å². The zero-order valence-electron chi connectivity index (χ0n) is 30.7. The second-order valence-electron chi connectivity index (χ2n) is 14.1. The zero-order chi connectivity index (χ0) is 35.5. The molecule has 50 heavy (non-hydrogen) atoms. The van der Waals surface area contributed by atoms with E-state index in [0.717, 1.165) is 70.8 Å². The summed E-state index contributed by atoms with van der Waals surface area (Å²) >= 11 is 3.64. The van der Waals surface area contributed by atoms with Crippen molar-refractivity contribution in [1.82, 2.24) is 9.97 Å². The van der Waals surface area contributed by atoms with Gasteiger partial charge in [-0.05, 0) is 102 Å². The van der Waals surface area contributed by atoms with Crippen LogP contribution in [0.3, 0.4) is 0 Å². The van der Waals surface area contributed by atoms with Crippen molar-refractivity contribution in [3.63, 3.8) is 0 Å². The number of hydrogen-bond donors (Lipinski definition) is 1. The van der Waals surface area contributed by atoms with E-state index in [1.165, 1.54) is 31.0 Å². The largest absolute Gasteiger partial charge is 0.512 e. The number of carbonyl (C=O) groups excluding carboxylic acids is 1. The summed E-state index contributed by atoms with van der Waals surface area (Å²) in [5.41, 5.74) is 5.63. The number of rotatable bonds is 10. The molecule has 0 aliphatic heterocycles. The summed E-state index contributed by atoms with van der Waals surface area (Å²) in [6, 6.07) is 18.7. The molecule has 0 fully saturated rings. The number of fused-ring (bicyclic) bond motifs is 5. The second-order valence-corrected chi connectivity index (χ2v) is 16.6. The SMILES string of the molecule is CCC(CC)C(=O)/C=C(\O)C(CC)CC.Cc1ccc2c(n1)oc1c(-c3cc(-c4ccc(CC(C)(C)C)s4)ccn3)[c-]c3cc(C)sc3c12.[Ir]. The molecule has 8 heteroatoms. The zero-order valence-corrected chi connectivity index (χ0v) is 34.7. The van der Waals surface area contributed by atoms with Crippen molar-refractivity contribution in [2.24, 2.45) is 17.3 Å². The van der Waals surface area contributed by atoms with Crippen LogP contribution >= 0.6 is 22.7 Å². The van der Waals surface area contributed by atoms with Gasteiger partial charge in [-0.15, -0.1) is 28.9 Å². The van der Waals surface area contributed by atoms with E-state index in [0.29, 0.717) is 5.71 Å². The molecular formula is C42H49IrN2O3S2-. The van der Waals surface area contributed by atoms with Gasteiger partial charge in [0.25, 0.3) is 0 Å². The van der Waals surface area contributed by atoms with Gasteiger partial charge in [-0.1, -0.05) is 60.1 Å². The molecule has 0 bridgehead atoms. The maximum Gasteiger partial charge on any atom is 0.218 e. The van der Waals surface area contributed by atoms with Crippen LogP contribution in [0.2, 0.25) is 0 Å². The van der Waals surface area contributed by atoms with Gasteiger partial charge in [0.2, 0.25) is 5.71 Å². The van der Waals surface area contributed by atoms with Gasteiger partial charge in [0.15, 0.2) is 5.78 Å². The Morgan fingerprint density at radius 1 is 0.960 bits per heavy atom. The molecule has 5 aromatic heterocycles. The molecule has 0 spiro atoms. The molecule has 1 N–H and O–H groups in total. The van der Waals surface area contributed by atoms with E-state index >= 15 is 0 Å². The topological polar surface area (TPSA) is 76.2 Å². The maximum atomic E-state index is 11.7. The average molecular weight is 886 g/mol. The van der Waals surface area contributed by atoms with Crippen LogP contribution in [0.1, 0.15) is 89.6 Å². The second kappa shape index (κ2) is 16.9. The molecule has 5 heterocycles. The molecular weight excluding hydrogens is 837 g/mol. The predicted molar refractivity (Wildman–Crippen MR) is 209 cm³/mol. The number of aliphatic hydroxyl groups is 1. The molecule has 6 aromatic rings. The van der Waals surface area contributed by atoms with Crippen LogP contribution in [0.15, 0.2) is 64.9 Å². The normalized spacial score (nSPS) is 12.2. The molecule has 1 radical (unpaired) electrons. The Balaban J connectivity index is 0.000000301. The summed E-state index contributed by atoms with van der Waals surface area (Å²) in [5.74, 6) is 0.547. The van der Waals surface area contributed by atoms with Crippen molar-refractivity contribution in [2.45, 2.75) is 94.4 Å². The third kappa shape index (κ3) is 9.00. The molecule has 6 rings (SSSR count). The van der Waals surface area contributed by atoms with Gasteiger partial charge in [-0.3, -0.25) is 9.78 Å². The van der Waals surface area contributed by atoms with Gasteiger partial charge in [0.05, 0.1) is 11.3 Å². The summed E-state index contributed by atoms with van der Waals surface area (Å²) in [5, 5.41) is 13.0. The van der Waals surface area contributed by atoms with Gasteiger partial charge < -0.3 is 9.52 Å². The van der Waals surface area contributed by atoms with E-state index < -0.39 is 0 Å². The summed E-state index contributed by atoms with van der Waals surface area (Å²) in [4.78, 5) is 25.0. The summed E-state index contributed by atoms with van der Waals surface area (Å²) in [6.07, 6.45) is 7.87. The Morgan fingerprint density at radius 3 is 2.32 bits per heavy atom. The summed E-state index contributed by atoms with van der Waals surface area (Å²) < 4.78 is 7.56. The van der Waals surface area contributed by atoms with E-state index in [1.54, 1.807) is 11.3 Å². The van der Waals surface area contributed by atoms with Gasteiger partial charge in [0.1, 0.15) is 0 Å². The van der Waals surface area contributed by atoms with Crippen molar-refractivity contribution in [3.05, 3.63) is 82.0 Å². The fraction of sp³-hybridized carbons (Fsp3) is 0.405. The van der Waals surface area contributed by atoms with Crippen LogP contribution in [-0.4, -0.2) is 20.9 Å². The van der Waals surface area contributed by atoms with E-state index in [-0.39, 0.29) is 48.9 Å². The maximum absolute atomic E-state index is 11.7. The number of furan rings is 1. The van der Waals surface area contributed by atoms with E-state index in [9.17, 15) is 9.90 Å². The molecule has 0 aliphatic carbocycles. The first-order valence-corrected chi connectivity index (χ1v) is 19.1. The monoisotopic (exact) mass is 886 g/mol. The Labute approximate surface area is 318 Å². The minimum absolute atomic E-state index is 0. The number of aliphatic hydroxyl groups excluding tert-OH is 1.